The summed E-state index contributed by atoms with van der Waals surface area (Å²) in [5.74, 6) is 0. The topological polar surface area (TPSA) is 58.3 Å². The molecule has 1 aromatic rings. The Morgan fingerprint density at radius 1 is 1.31 bits per heavy atom. The van der Waals surface area contributed by atoms with E-state index in [0.717, 1.165) is 19.4 Å². The molecule has 0 aliphatic carbocycles. The largest absolute Gasteiger partial charge is 0.394 e. The second-order valence-corrected chi connectivity index (χ2v) is 4.45. The van der Waals surface area contributed by atoms with Gasteiger partial charge in [0.05, 0.1) is 6.61 Å². The summed E-state index contributed by atoms with van der Waals surface area (Å²) < 4.78 is 0. The Hall–Kier alpha value is -0.900. The summed E-state index contributed by atoms with van der Waals surface area (Å²) in [5, 5.41) is 12.8. The van der Waals surface area contributed by atoms with E-state index in [4.69, 9.17) is 5.73 Å². The minimum atomic E-state index is -0.227. The van der Waals surface area contributed by atoms with Gasteiger partial charge in [-0.15, -0.1) is 0 Å². The van der Waals surface area contributed by atoms with Gasteiger partial charge in [0.2, 0.25) is 0 Å². The molecule has 0 bridgehead atoms. The van der Waals surface area contributed by atoms with E-state index in [9.17, 15) is 5.11 Å². The second kappa shape index (κ2) is 6.63. The van der Waals surface area contributed by atoms with Gasteiger partial charge in [0.1, 0.15) is 0 Å². The number of rotatable bonds is 7. The molecule has 1 aromatic carbocycles. The molecule has 90 valence electrons. The summed E-state index contributed by atoms with van der Waals surface area (Å²) in [6, 6.07) is 10.2. The fourth-order valence-electron chi connectivity index (χ4n) is 1.63. The summed E-state index contributed by atoms with van der Waals surface area (Å²) in [6.07, 6.45) is 1.83. The smallest absolute Gasteiger partial charge is 0.0610 e. The third-order valence-corrected chi connectivity index (χ3v) is 2.84. The summed E-state index contributed by atoms with van der Waals surface area (Å²) in [4.78, 5) is 0. The fourth-order valence-corrected chi connectivity index (χ4v) is 1.63. The van der Waals surface area contributed by atoms with E-state index < -0.39 is 0 Å². The summed E-state index contributed by atoms with van der Waals surface area (Å²) in [7, 11) is 0. The van der Waals surface area contributed by atoms with Gasteiger partial charge in [-0.1, -0.05) is 30.3 Å². The monoisotopic (exact) mass is 222 g/mol. The number of aliphatic hydroxyl groups is 1. The standard InChI is InChI=1S/C13H22N2O/c1-13(11-16,8-5-9-14)15-10-12-6-3-2-4-7-12/h2-4,6-7,15-16H,5,8-11,14H2,1H3. The van der Waals surface area contributed by atoms with Gasteiger partial charge in [0, 0.05) is 12.1 Å². The summed E-state index contributed by atoms with van der Waals surface area (Å²) in [5.41, 5.74) is 6.49. The Morgan fingerprint density at radius 3 is 2.56 bits per heavy atom. The first-order valence-electron chi connectivity index (χ1n) is 5.80. The van der Waals surface area contributed by atoms with Crippen molar-refractivity contribution in [3.8, 4) is 0 Å². The summed E-state index contributed by atoms with van der Waals surface area (Å²) >= 11 is 0. The highest BCUT2D eigenvalue weighted by molar-refractivity contribution is 5.14. The molecule has 0 heterocycles. The van der Waals surface area contributed by atoms with Crippen molar-refractivity contribution in [1.29, 1.82) is 0 Å². The first-order valence-corrected chi connectivity index (χ1v) is 5.80. The van der Waals surface area contributed by atoms with Gasteiger partial charge >= 0.3 is 0 Å². The molecule has 0 fully saturated rings. The zero-order valence-electron chi connectivity index (χ0n) is 9.95. The van der Waals surface area contributed by atoms with Crippen molar-refractivity contribution < 1.29 is 5.11 Å². The summed E-state index contributed by atoms with van der Waals surface area (Å²) in [6.45, 7) is 3.62. The van der Waals surface area contributed by atoms with Gasteiger partial charge in [0.15, 0.2) is 0 Å². The van der Waals surface area contributed by atoms with Gasteiger partial charge in [-0.25, -0.2) is 0 Å². The van der Waals surface area contributed by atoms with E-state index in [1.807, 2.05) is 25.1 Å². The molecule has 0 radical (unpaired) electrons. The van der Waals surface area contributed by atoms with E-state index in [1.54, 1.807) is 0 Å². The van der Waals surface area contributed by atoms with Gasteiger partial charge in [-0.3, -0.25) is 0 Å². The molecule has 0 aliphatic heterocycles. The van der Waals surface area contributed by atoms with Crippen LogP contribution in [0.1, 0.15) is 25.3 Å². The Morgan fingerprint density at radius 2 is 2.00 bits per heavy atom. The van der Waals surface area contributed by atoms with E-state index in [1.165, 1.54) is 5.56 Å². The molecule has 16 heavy (non-hydrogen) atoms. The van der Waals surface area contributed by atoms with Crippen LogP contribution in [-0.4, -0.2) is 23.8 Å². The van der Waals surface area contributed by atoms with Crippen LogP contribution >= 0.6 is 0 Å². The van der Waals surface area contributed by atoms with Crippen molar-refractivity contribution in [2.45, 2.75) is 31.8 Å². The Balaban J connectivity index is 2.44. The van der Waals surface area contributed by atoms with Crippen LogP contribution in [0.5, 0.6) is 0 Å². The number of nitrogens with one attached hydrogen (secondary N) is 1. The predicted octanol–water partition coefficient (Wildman–Crippen LogP) is 1.27. The molecule has 1 rings (SSSR count). The molecule has 0 saturated carbocycles. The maximum absolute atomic E-state index is 9.39. The van der Waals surface area contributed by atoms with E-state index in [0.29, 0.717) is 6.54 Å². The Kier molecular flexibility index (Phi) is 5.46. The fraction of sp³-hybridized carbons (Fsp3) is 0.538. The van der Waals surface area contributed by atoms with Crippen molar-refractivity contribution in [2.24, 2.45) is 5.73 Å². The van der Waals surface area contributed by atoms with Crippen LogP contribution in [0.2, 0.25) is 0 Å². The molecule has 4 N–H and O–H groups in total. The van der Waals surface area contributed by atoms with Crippen molar-refractivity contribution in [3.63, 3.8) is 0 Å². The first-order chi connectivity index (χ1) is 7.70. The molecule has 0 aromatic heterocycles. The number of hydrogen-bond donors (Lipinski definition) is 3. The molecule has 0 aliphatic rings. The molecule has 0 spiro atoms. The minimum absolute atomic E-state index is 0.139. The number of aliphatic hydroxyl groups excluding tert-OH is 1. The first kappa shape index (κ1) is 13.2. The highest BCUT2D eigenvalue weighted by atomic mass is 16.3. The highest BCUT2D eigenvalue weighted by Crippen LogP contribution is 2.12. The lowest BCUT2D eigenvalue weighted by molar-refractivity contribution is 0.162. The van der Waals surface area contributed by atoms with Gasteiger partial charge in [0.25, 0.3) is 0 Å². The second-order valence-electron chi connectivity index (χ2n) is 4.45. The van der Waals surface area contributed by atoms with Crippen LogP contribution in [0.4, 0.5) is 0 Å². The SMILES string of the molecule is CC(CO)(CCCN)NCc1ccccc1. The molecule has 1 unspecified atom stereocenters. The average molecular weight is 222 g/mol. The van der Waals surface area contributed by atoms with Crippen molar-refractivity contribution >= 4 is 0 Å². The Bertz CT molecular complexity index is 289. The molecule has 3 heteroatoms. The number of benzene rings is 1. The highest BCUT2D eigenvalue weighted by Gasteiger charge is 2.21. The van der Waals surface area contributed by atoms with Crippen LogP contribution in [0.15, 0.2) is 30.3 Å². The van der Waals surface area contributed by atoms with Crippen molar-refractivity contribution in [3.05, 3.63) is 35.9 Å². The van der Waals surface area contributed by atoms with Crippen LogP contribution in [0.25, 0.3) is 0 Å². The zero-order valence-corrected chi connectivity index (χ0v) is 9.95. The van der Waals surface area contributed by atoms with Crippen LogP contribution in [0.3, 0.4) is 0 Å². The van der Waals surface area contributed by atoms with Crippen molar-refractivity contribution in [1.82, 2.24) is 5.32 Å². The lowest BCUT2D eigenvalue weighted by Gasteiger charge is -2.29. The molecule has 0 amide bonds. The Labute approximate surface area is 97.7 Å². The van der Waals surface area contributed by atoms with E-state index in [-0.39, 0.29) is 12.1 Å². The van der Waals surface area contributed by atoms with E-state index >= 15 is 0 Å². The maximum Gasteiger partial charge on any atom is 0.0610 e. The quantitative estimate of drug-likeness (QED) is 0.651. The lowest BCUT2D eigenvalue weighted by Crippen LogP contribution is -2.45. The van der Waals surface area contributed by atoms with Crippen molar-refractivity contribution in [2.75, 3.05) is 13.2 Å². The third kappa shape index (κ3) is 4.31. The minimum Gasteiger partial charge on any atom is -0.394 e. The number of hydrogen-bond acceptors (Lipinski definition) is 3. The third-order valence-electron chi connectivity index (χ3n) is 2.84. The molecule has 3 nitrogen and oxygen atoms in total. The normalized spacial score (nSPS) is 14.7. The van der Waals surface area contributed by atoms with Crippen LogP contribution in [0, 0.1) is 0 Å². The lowest BCUT2D eigenvalue weighted by atomic mass is 9.96. The average Bonchev–Trinajstić information content (AvgIpc) is 2.35. The predicted molar refractivity (Wildman–Crippen MR) is 67.1 cm³/mol. The molecular formula is C13H22N2O. The number of nitrogens with two attached hydrogens (primary N) is 1. The van der Waals surface area contributed by atoms with E-state index in [2.05, 4.69) is 17.4 Å². The molecule has 1 atom stereocenters. The van der Waals surface area contributed by atoms with Crippen LogP contribution in [-0.2, 0) is 6.54 Å². The zero-order chi connectivity index (χ0) is 11.9. The molecule has 0 saturated heterocycles. The maximum atomic E-state index is 9.39. The molecular weight excluding hydrogens is 200 g/mol. The van der Waals surface area contributed by atoms with Gasteiger partial charge in [-0.05, 0) is 31.9 Å². The van der Waals surface area contributed by atoms with Gasteiger partial charge < -0.3 is 16.2 Å². The van der Waals surface area contributed by atoms with Gasteiger partial charge in [-0.2, -0.15) is 0 Å². The van der Waals surface area contributed by atoms with Crippen LogP contribution < -0.4 is 11.1 Å².